The Balaban J connectivity index is 2.84. The van der Waals surface area contributed by atoms with Gasteiger partial charge in [-0.2, -0.15) is 0 Å². The van der Waals surface area contributed by atoms with Crippen molar-refractivity contribution in [1.29, 1.82) is 0 Å². The predicted octanol–water partition coefficient (Wildman–Crippen LogP) is 0.441. The van der Waals surface area contributed by atoms with E-state index < -0.39 is 0 Å². The normalized spacial score (nSPS) is 25.9. The Morgan fingerprint density at radius 1 is 1.56 bits per heavy atom. The molecule has 4 nitrogen and oxygen atoms in total. The zero-order chi connectivity index (χ0) is 12.3. The molecule has 0 aromatic carbocycles. The van der Waals surface area contributed by atoms with Crippen LogP contribution in [0.2, 0.25) is 0 Å². The van der Waals surface area contributed by atoms with Gasteiger partial charge in [-0.05, 0) is 26.8 Å². The summed E-state index contributed by atoms with van der Waals surface area (Å²) in [5.74, 6) is 0.721. The van der Waals surface area contributed by atoms with Crippen LogP contribution >= 0.6 is 0 Å². The van der Waals surface area contributed by atoms with Crippen molar-refractivity contribution in [2.45, 2.75) is 39.3 Å². The molecule has 2 N–H and O–H groups in total. The van der Waals surface area contributed by atoms with Crippen LogP contribution in [0.1, 0.15) is 27.7 Å². The maximum Gasteiger partial charge on any atom is 0.238 e. The molecule has 0 spiro atoms. The minimum atomic E-state index is -0.0452. The van der Waals surface area contributed by atoms with E-state index in [0.29, 0.717) is 12.5 Å². The van der Waals surface area contributed by atoms with Crippen molar-refractivity contribution in [3.8, 4) is 0 Å². The van der Waals surface area contributed by atoms with Crippen molar-refractivity contribution in [2.75, 3.05) is 26.7 Å². The molecule has 16 heavy (non-hydrogen) atoms. The molecule has 0 saturated carbocycles. The van der Waals surface area contributed by atoms with Crippen molar-refractivity contribution >= 4 is 5.91 Å². The number of amides is 1. The van der Waals surface area contributed by atoms with Crippen LogP contribution in [0.15, 0.2) is 0 Å². The maximum absolute atomic E-state index is 11.9. The minimum Gasteiger partial charge on any atom is -0.353 e. The van der Waals surface area contributed by atoms with Gasteiger partial charge in [0.25, 0.3) is 0 Å². The van der Waals surface area contributed by atoms with Gasteiger partial charge >= 0.3 is 0 Å². The molecule has 1 heterocycles. The van der Waals surface area contributed by atoms with Crippen molar-refractivity contribution in [1.82, 2.24) is 15.5 Å². The average molecular weight is 227 g/mol. The van der Waals surface area contributed by atoms with Gasteiger partial charge in [-0.3, -0.25) is 9.69 Å². The van der Waals surface area contributed by atoms with Crippen LogP contribution in [-0.2, 0) is 4.79 Å². The largest absolute Gasteiger partial charge is 0.353 e. The Kier molecular flexibility index (Phi) is 4.33. The summed E-state index contributed by atoms with van der Waals surface area (Å²) in [6.07, 6.45) is 0. The minimum absolute atomic E-state index is 0.0414. The van der Waals surface area contributed by atoms with Crippen LogP contribution in [0.25, 0.3) is 0 Å². The highest BCUT2D eigenvalue weighted by molar-refractivity contribution is 5.83. The highest BCUT2D eigenvalue weighted by Gasteiger charge is 2.40. The second-order valence-electron chi connectivity index (χ2n) is 5.65. The topological polar surface area (TPSA) is 44.4 Å². The molecule has 1 aliphatic heterocycles. The van der Waals surface area contributed by atoms with E-state index in [1.165, 1.54) is 0 Å². The first-order valence-corrected chi connectivity index (χ1v) is 6.07. The van der Waals surface area contributed by atoms with Crippen LogP contribution in [-0.4, -0.2) is 49.1 Å². The van der Waals surface area contributed by atoms with Gasteiger partial charge in [0.05, 0.1) is 0 Å². The second-order valence-corrected chi connectivity index (χ2v) is 5.65. The molecule has 4 heteroatoms. The molecule has 0 aromatic heterocycles. The van der Waals surface area contributed by atoms with Gasteiger partial charge in [-0.15, -0.1) is 0 Å². The Morgan fingerprint density at radius 3 is 2.69 bits per heavy atom. The summed E-state index contributed by atoms with van der Waals surface area (Å²) in [6.45, 7) is 11.2. The van der Waals surface area contributed by atoms with Crippen LogP contribution in [0.4, 0.5) is 0 Å². The molecule has 1 amide bonds. The highest BCUT2D eigenvalue weighted by Crippen LogP contribution is 2.22. The monoisotopic (exact) mass is 227 g/mol. The Bertz CT molecular complexity index is 251. The number of hydrogen-bond donors (Lipinski definition) is 2. The third-order valence-corrected chi connectivity index (χ3v) is 3.11. The number of likely N-dealkylation sites (N-methyl/N-ethyl adjacent to an activating group) is 1. The molecule has 94 valence electrons. The third-order valence-electron chi connectivity index (χ3n) is 3.11. The zero-order valence-electron chi connectivity index (χ0n) is 11.1. The summed E-state index contributed by atoms with van der Waals surface area (Å²) in [4.78, 5) is 14.2. The molecular formula is C12H25N3O. The van der Waals surface area contributed by atoms with Crippen molar-refractivity contribution in [2.24, 2.45) is 5.92 Å². The summed E-state index contributed by atoms with van der Waals surface area (Å²) in [7, 11) is 1.89. The first-order valence-electron chi connectivity index (χ1n) is 6.07. The summed E-state index contributed by atoms with van der Waals surface area (Å²) < 4.78 is 0. The van der Waals surface area contributed by atoms with E-state index in [1.54, 1.807) is 0 Å². The van der Waals surface area contributed by atoms with Crippen LogP contribution < -0.4 is 10.6 Å². The summed E-state index contributed by atoms with van der Waals surface area (Å²) in [6, 6.07) is -0.0452. The van der Waals surface area contributed by atoms with Gasteiger partial charge < -0.3 is 10.6 Å². The average Bonchev–Trinajstić information content (AvgIpc) is 2.17. The van der Waals surface area contributed by atoms with Crippen LogP contribution in [0.5, 0.6) is 0 Å². The summed E-state index contributed by atoms with van der Waals surface area (Å²) in [5.41, 5.74) is 0.0414. The first-order chi connectivity index (χ1) is 7.38. The van der Waals surface area contributed by atoms with E-state index in [1.807, 2.05) is 7.05 Å². The number of piperazine rings is 1. The Labute approximate surface area is 98.8 Å². The zero-order valence-corrected chi connectivity index (χ0v) is 11.1. The smallest absolute Gasteiger partial charge is 0.238 e. The van der Waals surface area contributed by atoms with Gasteiger partial charge in [-0.1, -0.05) is 13.8 Å². The number of rotatable bonds is 4. The molecule has 1 atom stereocenters. The lowest BCUT2D eigenvalue weighted by Crippen LogP contribution is -2.68. The van der Waals surface area contributed by atoms with Crippen molar-refractivity contribution < 1.29 is 4.79 Å². The third kappa shape index (κ3) is 2.95. The van der Waals surface area contributed by atoms with Gasteiger partial charge in [0, 0.05) is 25.2 Å². The van der Waals surface area contributed by atoms with Crippen molar-refractivity contribution in [3.63, 3.8) is 0 Å². The SMILES string of the molecule is CNCC1C(=O)NCC(C)(C)N1CC(C)C. The molecule has 0 bridgehead atoms. The van der Waals surface area contributed by atoms with E-state index in [2.05, 4.69) is 43.2 Å². The van der Waals surface area contributed by atoms with E-state index in [9.17, 15) is 4.79 Å². The summed E-state index contributed by atoms with van der Waals surface area (Å²) in [5, 5.41) is 6.10. The molecule has 1 aliphatic rings. The molecule has 0 aliphatic carbocycles. The Hall–Kier alpha value is -0.610. The molecule has 1 unspecified atom stereocenters. The second kappa shape index (κ2) is 5.15. The van der Waals surface area contributed by atoms with Gasteiger partial charge in [0.15, 0.2) is 0 Å². The Morgan fingerprint density at radius 2 is 2.19 bits per heavy atom. The quantitative estimate of drug-likeness (QED) is 0.732. The van der Waals surface area contributed by atoms with Gasteiger partial charge in [-0.25, -0.2) is 0 Å². The first kappa shape index (κ1) is 13.5. The van der Waals surface area contributed by atoms with E-state index >= 15 is 0 Å². The lowest BCUT2D eigenvalue weighted by atomic mass is 9.94. The fourth-order valence-electron chi connectivity index (χ4n) is 2.25. The van der Waals surface area contributed by atoms with Crippen molar-refractivity contribution in [3.05, 3.63) is 0 Å². The highest BCUT2D eigenvalue weighted by atomic mass is 16.2. The van der Waals surface area contributed by atoms with Crippen LogP contribution in [0.3, 0.4) is 0 Å². The fraction of sp³-hybridized carbons (Fsp3) is 0.917. The van der Waals surface area contributed by atoms with Crippen LogP contribution in [0, 0.1) is 5.92 Å². The lowest BCUT2D eigenvalue weighted by Gasteiger charge is -2.47. The van der Waals surface area contributed by atoms with E-state index in [-0.39, 0.29) is 17.5 Å². The molecule has 0 radical (unpaired) electrons. The molecular weight excluding hydrogens is 202 g/mol. The summed E-state index contributed by atoms with van der Waals surface area (Å²) >= 11 is 0. The van der Waals surface area contributed by atoms with E-state index in [4.69, 9.17) is 0 Å². The molecule has 1 fully saturated rings. The fourth-order valence-corrected chi connectivity index (χ4v) is 2.25. The lowest BCUT2D eigenvalue weighted by molar-refractivity contribution is -0.134. The molecule has 1 rings (SSSR count). The molecule has 0 aromatic rings. The number of carbonyl (C=O) groups is 1. The number of nitrogens with zero attached hydrogens (tertiary/aromatic N) is 1. The van der Waals surface area contributed by atoms with Gasteiger partial charge in [0.2, 0.25) is 5.91 Å². The maximum atomic E-state index is 11.9. The molecule has 1 saturated heterocycles. The van der Waals surface area contributed by atoms with Gasteiger partial charge in [0.1, 0.15) is 6.04 Å². The van der Waals surface area contributed by atoms with E-state index in [0.717, 1.165) is 13.1 Å². The number of hydrogen-bond acceptors (Lipinski definition) is 3. The standard InChI is InChI=1S/C12H25N3O/c1-9(2)7-15-10(6-13-5)11(16)14-8-12(15,3)4/h9-10,13H,6-8H2,1-5H3,(H,14,16). The predicted molar refractivity (Wildman–Crippen MR) is 66.3 cm³/mol. The number of carbonyl (C=O) groups excluding carboxylic acids is 1. The number of nitrogens with one attached hydrogen (secondary N) is 2.